The van der Waals surface area contributed by atoms with E-state index in [4.69, 9.17) is 16.5 Å². The average Bonchev–Trinajstić information content (AvgIpc) is 3.67. The third kappa shape index (κ3) is 3.45. The molecule has 1 aliphatic carbocycles. The smallest absolute Gasteiger partial charge is 0.179 e. The number of aromatic nitrogens is 2. The quantitative estimate of drug-likeness (QED) is 0.200. The van der Waals surface area contributed by atoms with E-state index in [9.17, 15) is 0 Å². The summed E-state index contributed by atoms with van der Waals surface area (Å²) in [5, 5.41) is 0. The van der Waals surface area contributed by atoms with Gasteiger partial charge in [-0.05, 0) is 64.7 Å². The van der Waals surface area contributed by atoms with Crippen molar-refractivity contribution in [3.05, 3.63) is 169 Å². The summed E-state index contributed by atoms with van der Waals surface area (Å²) in [5.74, 6) is 2.13. The van der Waals surface area contributed by atoms with Gasteiger partial charge in [-0.25, -0.2) is 9.97 Å². The molecule has 46 heavy (non-hydrogen) atoms. The molecular formula is C41H31N5. The summed E-state index contributed by atoms with van der Waals surface area (Å²) >= 11 is 0. The lowest BCUT2D eigenvalue weighted by atomic mass is 9.70. The van der Waals surface area contributed by atoms with Gasteiger partial charge in [0.1, 0.15) is 6.17 Å². The number of fused-ring (bicyclic) bond motifs is 13. The predicted molar refractivity (Wildman–Crippen MR) is 187 cm³/mol. The molecule has 0 spiro atoms. The fourth-order valence-corrected chi connectivity index (χ4v) is 8.67. The van der Waals surface area contributed by atoms with E-state index in [1.54, 1.807) is 0 Å². The standard InChI is InChI=1S/C41H31N5/c1-26-29-18-8-9-19-30(29)31-24-25-44(27-14-4-2-5-15-27)38(31)37-36(26)32-20-10-13-23-35(32)46-40-39(42-33-21-11-12-22-34(33)43-40)45(41(37)46)28-16-6-3-7-17-28/h2-25,31,36-38,41H,1H2. The van der Waals surface area contributed by atoms with Crippen LogP contribution in [0.5, 0.6) is 0 Å². The average molecular weight is 594 g/mol. The van der Waals surface area contributed by atoms with Gasteiger partial charge in [-0.2, -0.15) is 0 Å². The van der Waals surface area contributed by atoms with E-state index >= 15 is 0 Å². The lowest BCUT2D eigenvalue weighted by Crippen LogP contribution is -2.57. The Labute approximate surface area is 268 Å². The first kappa shape index (κ1) is 25.6. The molecule has 0 saturated carbocycles. The van der Waals surface area contributed by atoms with Crippen LogP contribution in [-0.4, -0.2) is 22.2 Å². The van der Waals surface area contributed by atoms with Gasteiger partial charge in [-0.3, -0.25) is 0 Å². The molecule has 0 amide bonds. The Kier molecular flexibility index (Phi) is 5.38. The van der Waals surface area contributed by atoms with Crippen molar-refractivity contribution in [3.8, 4) is 0 Å². The van der Waals surface area contributed by atoms with Gasteiger partial charge in [-0.1, -0.05) is 104 Å². The Morgan fingerprint density at radius 1 is 0.565 bits per heavy atom. The van der Waals surface area contributed by atoms with Gasteiger partial charge in [0, 0.05) is 41.0 Å². The molecule has 5 unspecified atom stereocenters. The van der Waals surface area contributed by atoms with Crippen molar-refractivity contribution >= 4 is 45.3 Å². The van der Waals surface area contributed by atoms with E-state index in [0.29, 0.717) is 0 Å². The Hall–Kier alpha value is -5.68. The van der Waals surface area contributed by atoms with E-state index < -0.39 is 0 Å². The second-order valence-corrected chi connectivity index (χ2v) is 12.7. The molecule has 5 aromatic carbocycles. The number of allylic oxidation sites excluding steroid dienone is 1. The van der Waals surface area contributed by atoms with E-state index in [1.807, 2.05) is 12.1 Å². The van der Waals surface area contributed by atoms with Crippen LogP contribution in [0.15, 0.2) is 152 Å². The molecule has 220 valence electrons. The number of para-hydroxylation sites is 5. The molecular weight excluding hydrogens is 562 g/mol. The maximum atomic E-state index is 5.37. The zero-order valence-corrected chi connectivity index (χ0v) is 25.2. The summed E-state index contributed by atoms with van der Waals surface area (Å²) in [5.41, 5.74) is 10.4. The number of rotatable bonds is 2. The molecule has 0 saturated heterocycles. The van der Waals surface area contributed by atoms with Crippen LogP contribution >= 0.6 is 0 Å². The largest absolute Gasteiger partial charge is 0.344 e. The first-order valence-corrected chi connectivity index (χ1v) is 16.1. The topological polar surface area (TPSA) is 35.5 Å². The van der Waals surface area contributed by atoms with Crippen LogP contribution in [0.4, 0.5) is 28.7 Å². The van der Waals surface area contributed by atoms with Crippen LogP contribution in [0.3, 0.4) is 0 Å². The van der Waals surface area contributed by atoms with Gasteiger partial charge in [0.25, 0.3) is 0 Å². The highest BCUT2D eigenvalue weighted by atomic mass is 15.5. The zero-order chi connectivity index (χ0) is 30.4. The highest BCUT2D eigenvalue weighted by Gasteiger charge is 2.58. The van der Waals surface area contributed by atoms with Crippen molar-refractivity contribution in [2.75, 3.05) is 14.7 Å². The lowest BCUT2D eigenvalue weighted by molar-refractivity contribution is 0.312. The number of nitrogens with zero attached hydrogens (tertiary/aromatic N) is 5. The second kappa shape index (κ2) is 9.66. The molecule has 6 aromatic rings. The fraction of sp³-hybridized carbons (Fsp3) is 0.122. The molecule has 3 aliphatic heterocycles. The van der Waals surface area contributed by atoms with E-state index in [2.05, 4.69) is 148 Å². The van der Waals surface area contributed by atoms with Crippen molar-refractivity contribution in [2.45, 2.75) is 24.0 Å². The SMILES string of the molecule is C=C1c2ccccc2C2C=CN(c3ccccc3)C2C2C1c1ccccc1N1c3nc4ccccc4nc3N(c3ccccc3)C21. The summed E-state index contributed by atoms with van der Waals surface area (Å²) in [6.07, 6.45) is 4.63. The summed E-state index contributed by atoms with van der Waals surface area (Å²) < 4.78 is 0. The Morgan fingerprint density at radius 3 is 1.89 bits per heavy atom. The van der Waals surface area contributed by atoms with Crippen LogP contribution in [0, 0.1) is 5.92 Å². The minimum absolute atomic E-state index is 0.0645. The minimum atomic E-state index is -0.0983. The molecule has 0 radical (unpaired) electrons. The zero-order valence-electron chi connectivity index (χ0n) is 25.2. The monoisotopic (exact) mass is 593 g/mol. The summed E-state index contributed by atoms with van der Waals surface area (Å²) in [6, 6.07) is 47.8. The van der Waals surface area contributed by atoms with Crippen LogP contribution in [0.1, 0.15) is 28.5 Å². The second-order valence-electron chi connectivity index (χ2n) is 12.7. The Balaban J connectivity index is 1.30. The van der Waals surface area contributed by atoms with E-state index in [-0.39, 0.29) is 30.0 Å². The van der Waals surface area contributed by atoms with Crippen molar-refractivity contribution in [1.29, 1.82) is 0 Å². The van der Waals surface area contributed by atoms with Gasteiger partial charge < -0.3 is 14.7 Å². The Bertz CT molecular complexity index is 2190. The first-order valence-electron chi connectivity index (χ1n) is 16.1. The van der Waals surface area contributed by atoms with Gasteiger partial charge in [0.05, 0.1) is 17.1 Å². The molecule has 5 nitrogen and oxygen atoms in total. The third-order valence-electron chi connectivity index (χ3n) is 10.4. The summed E-state index contributed by atoms with van der Waals surface area (Å²) in [4.78, 5) is 18.2. The van der Waals surface area contributed by atoms with Crippen molar-refractivity contribution in [1.82, 2.24) is 9.97 Å². The molecule has 0 N–H and O–H groups in total. The highest BCUT2D eigenvalue weighted by molar-refractivity contribution is 5.93. The fourth-order valence-electron chi connectivity index (χ4n) is 8.67. The first-order chi connectivity index (χ1) is 22.8. The highest BCUT2D eigenvalue weighted by Crippen LogP contribution is 2.62. The number of benzene rings is 5. The normalized spacial score (nSPS) is 23.7. The van der Waals surface area contributed by atoms with Crippen LogP contribution in [-0.2, 0) is 0 Å². The molecule has 0 fully saturated rings. The van der Waals surface area contributed by atoms with E-state index in [0.717, 1.165) is 28.4 Å². The van der Waals surface area contributed by atoms with Crippen LogP contribution < -0.4 is 14.7 Å². The minimum Gasteiger partial charge on any atom is -0.344 e. The predicted octanol–water partition coefficient (Wildman–Crippen LogP) is 9.17. The van der Waals surface area contributed by atoms with Crippen LogP contribution in [0.2, 0.25) is 0 Å². The van der Waals surface area contributed by atoms with Crippen LogP contribution in [0.25, 0.3) is 16.6 Å². The van der Waals surface area contributed by atoms with E-state index in [1.165, 1.54) is 33.6 Å². The molecule has 4 heterocycles. The van der Waals surface area contributed by atoms with Gasteiger partial charge in [0.2, 0.25) is 0 Å². The maximum Gasteiger partial charge on any atom is 0.179 e. The molecule has 10 rings (SSSR count). The molecule has 4 aliphatic rings. The summed E-state index contributed by atoms with van der Waals surface area (Å²) in [6.45, 7) is 4.92. The van der Waals surface area contributed by atoms with Gasteiger partial charge in [0.15, 0.2) is 11.6 Å². The third-order valence-corrected chi connectivity index (χ3v) is 10.4. The van der Waals surface area contributed by atoms with Gasteiger partial charge in [-0.15, -0.1) is 0 Å². The summed E-state index contributed by atoms with van der Waals surface area (Å²) in [7, 11) is 0. The number of hydrogen-bond acceptors (Lipinski definition) is 5. The number of hydrogen-bond donors (Lipinski definition) is 0. The van der Waals surface area contributed by atoms with Crippen molar-refractivity contribution in [2.24, 2.45) is 5.92 Å². The Morgan fingerprint density at radius 2 is 1.15 bits per heavy atom. The van der Waals surface area contributed by atoms with Crippen molar-refractivity contribution < 1.29 is 0 Å². The molecule has 0 bridgehead atoms. The number of anilines is 5. The van der Waals surface area contributed by atoms with Crippen molar-refractivity contribution in [3.63, 3.8) is 0 Å². The molecule has 5 atom stereocenters. The molecule has 1 aromatic heterocycles. The maximum absolute atomic E-state index is 5.37. The molecule has 5 heteroatoms. The lowest BCUT2D eigenvalue weighted by Gasteiger charge is -2.50. The van der Waals surface area contributed by atoms with Gasteiger partial charge >= 0.3 is 0 Å².